The molecule has 0 aliphatic carbocycles. The zero-order chi connectivity index (χ0) is 19.0. The van der Waals surface area contributed by atoms with Crippen LogP contribution in [-0.2, 0) is 13.5 Å². The molecule has 3 heterocycles. The lowest BCUT2D eigenvalue weighted by atomic mass is 9.95. The van der Waals surface area contributed by atoms with E-state index in [9.17, 15) is 4.79 Å². The van der Waals surface area contributed by atoms with Gasteiger partial charge in [-0.2, -0.15) is 0 Å². The van der Waals surface area contributed by atoms with Crippen LogP contribution in [0.3, 0.4) is 0 Å². The predicted molar refractivity (Wildman–Crippen MR) is 105 cm³/mol. The van der Waals surface area contributed by atoms with E-state index in [2.05, 4.69) is 34.2 Å². The molecule has 0 unspecified atom stereocenters. The van der Waals surface area contributed by atoms with Crippen LogP contribution in [0, 0.1) is 6.92 Å². The molecule has 1 aromatic carbocycles. The Balaban J connectivity index is 1.68. The Labute approximate surface area is 159 Å². The van der Waals surface area contributed by atoms with Gasteiger partial charge in [-0.3, -0.25) is 9.78 Å². The number of aromatic nitrogens is 4. The highest BCUT2D eigenvalue weighted by molar-refractivity contribution is 6.06. The van der Waals surface area contributed by atoms with E-state index in [1.807, 2.05) is 35.6 Å². The smallest absolute Gasteiger partial charge is 0.254 e. The van der Waals surface area contributed by atoms with Crippen molar-refractivity contribution in [1.82, 2.24) is 24.6 Å². The quantitative estimate of drug-likeness (QED) is 0.716. The van der Waals surface area contributed by atoms with Crippen molar-refractivity contribution in [3.8, 4) is 0 Å². The number of benzene rings is 1. The Kier molecular flexibility index (Phi) is 4.64. The highest BCUT2D eigenvalue weighted by Crippen LogP contribution is 2.28. The molecule has 1 fully saturated rings. The van der Waals surface area contributed by atoms with E-state index in [1.54, 1.807) is 6.33 Å². The van der Waals surface area contributed by atoms with Crippen LogP contribution in [0.5, 0.6) is 0 Å². The van der Waals surface area contributed by atoms with Crippen molar-refractivity contribution >= 4 is 16.8 Å². The number of pyridine rings is 1. The highest BCUT2D eigenvalue weighted by Gasteiger charge is 2.29. The number of hydrogen-bond donors (Lipinski definition) is 0. The van der Waals surface area contributed by atoms with Crippen LogP contribution in [-0.4, -0.2) is 43.6 Å². The molecule has 1 amide bonds. The lowest BCUT2D eigenvalue weighted by Gasteiger charge is -2.32. The van der Waals surface area contributed by atoms with Gasteiger partial charge in [0.1, 0.15) is 12.2 Å². The van der Waals surface area contributed by atoms with E-state index in [1.165, 1.54) is 5.56 Å². The minimum absolute atomic E-state index is 0.0885. The van der Waals surface area contributed by atoms with Gasteiger partial charge in [-0.1, -0.05) is 13.0 Å². The second-order valence-electron chi connectivity index (χ2n) is 7.41. The molecule has 1 saturated heterocycles. The van der Waals surface area contributed by atoms with Crippen LogP contribution in [0.25, 0.3) is 10.9 Å². The number of carbonyl (C=O) groups is 1. The van der Waals surface area contributed by atoms with Crippen LogP contribution in [0.1, 0.15) is 53.1 Å². The Bertz CT molecular complexity index is 993. The normalized spacial score (nSPS) is 17.4. The highest BCUT2D eigenvalue weighted by atomic mass is 16.2. The number of carbonyl (C=O) groups excluding carboxylic acids is 1. The molecular weight excluding hydrogens is 338 g/mol. The van der Waals surface area contributed by atoms with Crippen molar-refractivity contribution in [2.45, 2.75) is 39.0 Å². The first-order chi connectivity index (χ1) is 13.1. The summed E-state index contributed by atoms with van der Waals surface area (Å²) in [6.45, 7) is 5.54. The maximum absolute atomic E-state index is 13.4. The van der Waals surface area contributed by atoms with E-state index in [-0.39, 0.29) is 11.8 Å². The molecule has 2 aromatic heterocycles. The van der Waals surface area contributed by atoms with Crippen LogP contribution >= 0.6 is 0 Å². The van der Waals surface area contributed by atoms with Crippen molar-refractivity contribution in [2.75, 3.05) is 13.1 Å². The molecule has 0 spiro atoms. The summed E-state index contributed by atoms with van der Waals surface area (Å²) in [4.78, 5) is 20.0. The third-order valence-electron chi connectivity index (χ3n) is 5.46. The molecule has 6 heteroatoms. The Morgan fingerprint density at radius 2 is 2.15 bits per heavy atom. The summed E-state index contributed by atoms with van der Waals surface area (Å²) < 4.78 is 1.96. The topological polar surface area (TPSA) is 63.9 Å². The van der Waals surface area contributed by atoms with Gasteiger partial charge in [0.05, 0.1) is 11.1 Å². The molecule has 1 atom stereocenters. The lowest BCUT2D eigenvalue weighted by Crippen LogP contribution is -2.39. The fourth-order valence-electron chi connectivity index (χ4n) is 4.01. The Hall–Kier alpha value is -2.76. The second kappa shape index (κ2) is 7.10. The number of nitrogens with zero attached hydrogens (tertiary/aromatic N) is 5. The summed E-state index contributed by atoms with van der Waals surface area (Å²) in [5, 5.41) is 9.21. The molecule has 27 heavy (non-hydrogen) atoms. The van der Waals surface area contributed by atoms with Gasteiger partial charge < -0.3 is 9.47 Å². The molecule has 140 valence electrons. The number of rotatable bonds is 3. The van der Waals surface area contributed by atoms with Gasteiger partial charge in [-0.25, -0.2) is 0 Å². The Morgan fingerprint density at radius 1 is 1.30 bits per heavy atom. The van der Waals surface area contributed by atoms with E-state index >= 15 is 0 Å². The van der Waals surface area contributed by atoms with Gasteiger partial charge in [-0.05, 0) is 49.9 Å². The zero-order valence-corrected chi connectivity index (χ0v) is 16.1. The van der Waals surface area contributed by atoms with Gasteiger partial charge in [-0.15, -0.1) is 10.2 Å². The van der Waals surface area contributed by atoms with Crippen LogP contribution in [0.15, 0.2) is 30.6 Å². The average molecular weight is 363 g/mol. The molecule has 0 saturated carbocycles. The largest absolute Gasteiger partial charge is 0.338 e. The van der Waals surface area contributed by atoms with Gasteiger partial charge >= 0.3 is 0 Å². The average Bonchev–Trinajstić information content (AvgIpc) is 3.12. The number of aryl methyl sites for hydroxylation is 3. The van der Waals surface area contributed by atoms with Crippen LogP contribution < -0.4 is 0 Å². The first-order valence-corrected chi connectivity index (χ1v) is 9.60. The molecule has 1 aliphatic heterocycles. The van der Waals surface area contributed by atoms with Gasteiger partial charge in [0, 0.05) is 37.1 Å². The molecular formula is C21H25N5O. The first kappa shape index (κ1) is 17.6. The van der Waals surface area contributed by atoms with Crippen molar-refractivity contribution in [3.05, 3.63) is 53.2 Å². The number of hydrogen-bond acceptors (Lipinski definition) is 4. The maximum atomic E-state index is 13.4. The van der Waals surface area contributed by atoms with Gasteiger partial charge in [0.25, 0.3) is 5.91 Å². The third kappa shape index (κ3) is 3.31. The van der Waals surface area contributed by atoms with Crippen molar-refractivity contribution in [2.24, 2.45) is 7.05 Å². The standard InChI is InChI=1S/C21H25N5O/c1-4-15-7-8-19-17(11-15)18(10-14(2)23-19)21(27)26-9-5-6-16(12-26)20-24-22-13-25(20)3/h7-8,10-11,13,16H,4-6,9,12H2,1-3H3/t16-/m0/s1. The fourth-order valence-corrected chi connectivity index (χ4v) is 4.01. The first-order valence-electron chi connectivity index (χ1n) is 9.60. The lowest BCUT2D eigenvalue weighted by molar-refractivity contribution is 0.0705. The van der Waals surface area contributed by atoms with E-state index in [0.29, 0.717) is 6.54 Å². The molecule has 0 radical (unpaired) electrons. The summed E-state index contributed by atoms with van der Waals surface area (Å²) >= 11 is 0. The van der Waals surface area contributed by atoms with E-state index in [4.69, 9.17) is 0 Å². The molecule has 6 nitrogen and oxygen atoms in total. The summed E-state index contributed by atoms with van der Waals surface area (Å²) in [5.74, 6) is 1.28. The van der Waals surface area contributed by atoms with Gasteiger partial charge in [0.2, 0.25) is 0 Å². The maximum Gasteiger partial charge on any atom is 0.254 e. The number of fused-ring (bicyclic) bond motifs is 1. The molecule has 0 bridgehead atoms. The SMILES string of the molecule is CCc1ccc2nc(C)cc(C(=O)N3CCC[C@H](c4nncn4C)C3)c2c1. The minimum Gasteiger partial charge on any atom is -0.338 e. The third-order valence-corrected chi connectivity index (χ3v) is 5.46. The van der Waals surface area contributed by atoms with Gasteiger partial charge in [0.15, 0.2) is 0 Å². The van der Waals surface area contributed by atoms with Crippen molar-refractivity contribution < 1.29 is 4.79 Å². The summed E-state index contributed by atoms with van der Waals surface area (Å²) in [5.41, 5.74) is 3.73. The fraction of sp³-hybridized carbons (Fsp3) is 0.429. The molecule has 0 N–H and O–H groups in total. The van der Waals surface area contributed by atoms with Crippen molar-refractivity contribution in [1.29, 1.82) is 0 Å². The summed E-state index contributed by atoms with van der Waals surface area (Å²) in [7, 11) is 1.96. The monoisotopic (exact) mass is 363 g/mol. The molecule has 4 rings (SSSR count). The van der Waals surface area contributed by atoms with E-state index < -0.39 is 0 Å². The summed E-state index contributed by atoms with van der Waals surface area (Å²) in [6, 6.07) is 8.15. The number of amides is 1. The Morgan fingerprint density at radius 3 is 2.89 bits per heavy atom. The number of piperidine rings is 1. The minimum atomic E-state index is 0.0885. The predicted octanol–water partition coefficient (Wildman–Crippen LogP) is 3.25. The second-order valence-corrected chi connectivity index (χ2v) is 7.41. The van der Waals surface area contributed by atoms with Crippen LogP contribution in [0.4, 0.5) is 0 Å². The van der Waals surface area contributed by atoms with Crippen LogP contribution in [0.2, 0.25) is 0 Å². The van der Waals surface area contributed by atoms with Crippen molar-refractivity contribution in [3.63, 3.8) is 0 Å². The van der Waals surface area contributed by atoms with E-state index in [0.717, 1.165) is 53.8 Å². The molecule has 1 aliphatic rings. The summed E-state index contributed by atoms with van der Waals surface area (Å²) in [6.07, 6.45) is 4.68. The molecule has 3 aromatic rings. The zero-order valence-electron chi connectivity index (χ0n) is 16.1. The number of likely N-dealkylation sites (tertiary alicyclic amines) is 1.